The van der Waals surface area contributed by atoms with E-state index in [-0.39, 0.29) is 5.38 Å². The van der Waals surface area contributed by atoms with Crippen molar-refractivity contribution in [1.29, 1.82) is 0 Å². The van der Waals surface area contributed by atoms with E-state index in [0.29, 0.717) is 13.2 Å². The minimum absolute atomic E-state index is 0.267. The van der Waals surface area contributed by atoms with E-state index in [9.17, 15) is 0 Å². The lowest BCUT2D eigenvalue weighted by Gasteiger charge is -2.16. The number of hydrogen-bond donors (Lipinski definition) is 0. The van der Waals surface area contributed by atoms with Crippen LogP contribution in [0, 0.1) is 0 Å². The van der Waals surface area contributed by atoms with E-state index in [2.05, 4.69) is 18.2 Å². The fraction of sp³-hybridized carbons (Fsp3) is 0.294. The maximum Gasteiger partial charge on any atom is 0.127 e. The van der Waals surface area contributed by atoms with Gasteiger partial charge in [0.05, 0.1) is 32.8 Å². The zero-order valence-corrected chi connectivity index (χ0v) is 12.8. The van der Waals surface area contributed by atoms with E-state index < -0.39 is 0 Å². The molecule has 0 bridgehead atoms. The fourth-order valence-corrected chi connectivity index (χ4v) is 2.87. The Morgan fingerprint density at radius 2 is 1.81 bits per heavy atom. The SMILES string of the molecule is COc1ccc(C(Cl)c2ccc3c(c2)COC3)c(OC)c1. The van der Waals surface area contributed by atoms with Gasteiger partial charge in [0.1, 0.15) is 11.5 Å². The van der Waals surface area contributed by atoms with Crippen LogP contribution in [0.2, 0.25) is 0 Å². The van der Waals surface area contributed by atoms with Gasteiger partial charge in [-0.2, -0.15) is 0 Å². The molecule has 0 saturated carbocycles. The van der Waals surface area contributed by atoms with Gasteiger partial charge in [0, 0.05) is 11.6 Å². The third kappa shape index (κ3) is 2.71. The summed E-state index contributed by atoms with van der Waals surface area (Å²) in [5.41, 5.74) is 4.43. The van der Waals surface area contributed by atoms with E-state index in [0.717, 1.165) is 22.6 Å². The van der Waals surface area contributed by atoms with Crippen LogP contribution in [0.4, 0.5) is 0 Å². The molecular formula is C17H17ClO3. The molecule has 1 aliphatic heterocycles. The zero-order valence-electron chi connectivity index (χ0n) is 12.1. The van der Waals surface area contributed by atoms with E-state index >= 15 is 0 Å². The molecule has 1 atom stereocenters. The first-order chi connectivity index (χ1) is 10.2. The fourth-order valence-electron chi connectivity index (χ4n) is 2.56. The van der Waals surface area contributed by atoms with Crippen LogP contribution < -0.4 is 9.47 Å². The normalized spacial score (nSPS) is 14.6. The van der Waals surface area contributed by atoms with Crippen molar-refractivity contribution in [2.75, 3.05) is 14.2 Å². The standard InChI is InChI=1S/C17H17ClO3/c1-19-14-5-6-15(16(8-14)20-2)17(18)11-3-4-12-9-21-10-13(12)7-11/h3-8,17H,9-10H2,1-2H3. The highest BCUT2D eigenvalue weighted by atomic mass is 35.5. The lowest BCUT2D eigenvalue weighted by molar-refractivity contribution is 0.134. The monoisotopic (exact) mass is 304 g/mol. The van der Waals surface area contributed by atoms with Crippen molar-refractivity contribution >= 4 is 11.6 Å². The van der Waals surface area contributed by atoms with Crippen molar-refractivity contribution in [2.24, 2.45) is 0 Å². The topological polar surface area (TPSA) is 27.7 Å². The van der Waals surface area contributed by atoms with Crippen molar-refractivity contribution in [3.8, 4) is 11.5 Å². The number of hydrogen-bond acceptors (Lipinski definition) is 3. The number of halogens is 1. The summed E-state index contributed by atoms with van der Waals surface area (Å²) >= 11 is 6.65. The first kappa shape index (κ1) is 14.2. The van der Waals surface area contributed by atoms with Crippen molar-refractivity contribution in [3.63, 3.8) is 0 Å². The summed E-state index contributed by atoms with van der Waals surface area (Å²) in [7, 11) is 3.27. The zero-order chi connectivity index (χ0) is 14.8. The van der Waals surface area contributed by atoms with E-state index in [1.54, 1.807) is 14.2 Å². The van der Waals surface area contributed by atoms with Crippen LogP contribution in [0.5, 0.6) is 11.5 Å². The summed E-state index contributed by atoms with van der Waals surface area (Å²) in [4.78, 5) is 0. The molecule has 4 heteroatoms. The molecule has 0 spiro atoms. The van der Waals surface area contributed by atoms with Gasteiger partial charge < -0.3 is 14.2 Å². The van der Waals surface area contributed by atoms with Crippen LogP contribution in [0.1, 0.15) is 27.6 Å². The first-order valence-electron chi connectivity index (χ1n) is 6.78. The van der Waals surface area contributed by atoms with Crippen molar-refractivity contribution in [3.05, 3.63) is 58.7 Å². The summed E-state index contributed by atoms with van der Waals surface area (Å²) in [6.07, 6.45) is 0. The Kier molecular flexibility index (Phi) is 4.04. The highest BCUT2D eigenvalue weighted by Gasteiger charge is 2.19. The van der Waals surface area contributed by atoms with Crippen LogP contribution in [-0.2, 0) is 18.0 Å². The number of benzene rings is 2. The Labute approximate surface area is 129 Å². The summed E-state index contributed by atoms with van der Waals surface area (Å²) in [6.45, 7) is 1.35. The van der Waals surface area contributed by atoms with Crippen molar-refractivity contribution in [2.45, 2.75) is 18.6 Å². The van der Waals surface area contributed by atoms with Gasteiger partial charge in [-0.1, -0.05) is 18.2 Å². The molecule has 0 fully saturated rings. The van der Waals surface area contributed by atoms with Gasteiger partial charge in [0.15, 0.2) is 0 Å². The third-order valence-electron chi connectivity index (χ3n) is 3.75. The summed E-state index contributed by atoms with van der Waals surface area (Å²) < 4.78 is 16.1. The molecule has 0 aromatic heterocycles. The van der Waals surface area contributed by atoms with Gasteiger partial charge in [-0.25, -0.2) is 0 Å². The maximum atomic E-state index is 6.65. The molecule has 1 heterocycles. The molecule has 1 unspecified atom stereocenters. The summed E-state index contributed by atoms with van der Waals surface area (Å²) in [5, 5.41) is -0.267. The van der Waals surface area contributed by atoms with E-state index in [4.69, 9.17) is 25.8 Å². The Balaban J connectivity index is 1.96. The molecule has 1 aliphatic rings. The third-order valence-corrected chi connectivity index (χ3v) is 4.24. The van der Waals surface area contributed by atoms with Crippen LogP contribution >= 0.6 is 11.6 Å². The molecule has 3 nitrogen and oxygen atoms in total. The average molecular weight is 305 g/mol. The van der Waals surface area contributed by atoms with E-state index in [1.807, 2.05) is 18.2 Å². The molecule has 0 N–H and O–H groups in total. The minimum atomic E-state index is -0.267. The summed E-state index contributed by atoms with van der Waals surface area (Å²) in [5.74, 6) is 1.48. The number of rotatable bonds is 4. The first-order valence-corrected chi connectivity index (χ1v) is 7.22. The lowest BCUT2D eigenvalue weighted by Crippen LogP contribution is -1.99. The number of alkyl halides is 1. The molecule has 2 aromatic rings. The van der Waals surface area contributed by atoms with Crippen molar-refractivity contribution < 1.29 is 14.2 Å². The number of ether oxygens (including phenoxy) is 3. The van der Waals surface area contributed by atoms with Gasteiger partial charge >= 0.3 is 0 Å². The molecule has 0 saturated heterocycles. The van der Waals surface area contributed by atoms with Gasteiger partial charge in [-0.15, -0.1) is 11.6 Å². The Morgan fingerprint density at radius 1 is 1.00 bits per heavy atom. The summed E-state index contributed by atoms with van der Waals surface area (Å²) in [6, 6.07) is 11.9. The van der Waals surface area contributed by atoms with Crippen LogP contribution in [-0.4, -0.2) is 14.2 Å². The van der Waals surface area contributed by atoms with Crippen LogP contribution in [0.3, 0.4) is 0 Å². The largest absolute Gasteiger partial charge is 0.497 e. The molecule has 2 aromatic carbocycles. The van der Waals surface area contributed by atoms with Gasteiger partial charge in [-0.3, -0.25) is 0 Å². The predicted molar refractivity (Wildman–Crippen MR) is 82.2 cm³/mol. The highest BCUT2D eigenvalue weighted by Crippen LogP contribution is 2.38. The smallest absolute Gasteiger partial charge is 0.127 e. The Hall–Kier alpha value is -1.71. The van der Waals surface area contributed by atoms with E-state index in [1.165, 1.54) is 11.1 Å². The highest BCUT2D eigenvalue weighted by molar-refractivity contribution is 6.22. The van der Waals surface area contributed by atoms with Gasteiger partial charge in [0.25, 0.3) is 0 Å². The number of methoxy groups -OCH3 is 2. The molecule has 110 valence electrons. The average Bonchev–Trinajstić information content (AvgIpc) is 3.01. The molecule has 0 radical (unpaired) electrons. The Bertz CT molecular complexity index is 654. The second-order valence-electron chi connectivity index (χ2n) is 4.99. The minimum Gasteiger partial charge on any atom is -0.497 e. The molecule has 21 heavy (non-hydrogen) atoms. The van der Waals surface area contributed by atoms with Crippen molar-refractivity contribution in [1.82, 2.24) is 0 Å². The molecule has 0 amide bonds. The second-order valence-corrected chi connectivity index (χ2v) is 5.43. The Morgan fingerprint density at radius 3 is 2.57 bits per heavy atom. The van der Waals surface area contributed by atoms with Crippen LogP contribution in [0.15, 0.2) is 36.4 Å². The molecular weight excluding hydrogens is 288 g/mol. The predicted octanol–water partition coefficient (Wildman–Crippen LogP) is 4.06. The number of fused-ring (bicyclic) bond motifs is 1. The van der Waals surface area contributed by atoms with Gasteiger partial charge in [-0.05, 0) is 28.8 Å². The molecule has 3 rings (SSSR count). The molecule has 0 aliphatic carbocycles. The lowest BCUT2D eigenvalue weighted by atomic mass is 9.99. The maximum absolute atomic E-state index is 6.65. The van der Waals surface area contributed by atoms with Gasteiger partial charge in [0.2, 0.25) is 0 Å². The second kappa shape index (κ2) is 5.96. The quantitative estimate of drug-likeness (QED) is 0.797. The van der Waals surface area contributed by atoms with Crippen LogP contribution in [0.25, 0.3) is 0 Å².